The average Bonchev–Trinajstić information content (AvgIpc) is 2.72. The Bertz CT molecular complexity index is 557. The van der Waals surface area contributed by atoms with Gasteiger partial charge in [-0.1, -0.05) is 6.92 Å². The van der Waals surface area contributed by atoms with Gasteiger partial charge in [-0.25, -0.2) is 4.98 Å². The summed E-state index contributed by atoms with van der Waals surface area (Å²) in [6, 6.07) is 6.55. The predicted octanol–water partition coefficient (Wildman–Crippen LogP) is 2.52. The van der Waals surface area contributed by atoms with E-state index < -0.39 is 0 Å². The Morgan fingerprint density at radius 2 is 2.11 bits per heavy atom. The van der Waals surface area contributed by atoms with E-state index in [1.54, 1.807) is 0 Å². The van der Waals surface area contributed by atoms with Gasteiger partial charge in [0.2, 0.25) is 0 Å². The molecule has 0 radical (unpaired) electrons. The molecule has 4 heteroatoms. The van der Waals surface area contributed by atoms with Crippen molar-refractivity contribution in [2.24, 2.45) is 0 Å². The molecule has 0 unspecified atom stereocenters. The molecule has 0 bridgehead atoms. The molecule has 0 saturated heterocycles. The molecule has 0 aliphatic heterocycles. The highest BCUT2D eigenvalue weighted by Gasteiger charge is 2.11. The number of hydrogen-bond acceptors (Lipinski definition) is 3. The standard InChI is InChI=1S/C15H24N4/c1-5-15-17-13-10-12(16)6-7-14(13)19(15)9-8-18(4)11(2)3/h6-7,10-11H,5,8-9,16H2,1-4H3. The molecular weight excluding hydrogens is 236 g/mol. The van der Waals surface area contributed by atoms with E-state index in [4.69, 9.17) is 5.73 Å². The summed E-state index contributed by atoms with van der Waals surface area (Å²) in [4.78, 5) is 7.03. The largest absolute Gasteiger partial charge is 0.399 e. The maximum absolute atomic E-state index is 5.83. The van der Waals surface area contributed by atoms with Gasteiger partial charge in [-0.15, -0.1) is 0 Å². The number of nitrogens with zero attached hydrogens (tertiary/aromatic N) is 3. The summed E-state index contributed by atoms with van der Waals surface area (Å²) in [7, 11) is 2.16. The SMILES string of the molecule is CCc1nc2cc(N)ccc2n1CCN(C)C(C)C. The van der Waals surface area contributed by atoms with Crippen molar-refractivity contribution >= 4 is 16.7 Å². The number of nitrogen functional groups attached to an aromatic ring is 1. The van der Waals surface area contributed by atoms with Gasteiger partial charge in [-0.2, -0.15) is 0 Å². The molecular formula is C15H24N4. The quantitative estimate of drug-likeness (QED) is 0.840. The van der Waals surface area contributed by atoms with Crippen LogP contribution in [0.25, 0.3) is 11.0 Å². The lowest BCUT2D eigenvalue weighted by Crippen LogP contribution is -2.30. The molecule has 0 amide bonds. The molecule has 19 heavy (non-hydrogen) atoms. The number of rotatable bonds is 5. The molecule has 1 aromatic carbocycles. The van der Waals surface area contributed by atoms with E-state index in [2.05, 4.69) is 48.3 Å². The maximum Gasteiger partial charge on any atom is 0.109 e. The summed E-state index contributed by atoms with van der Waals surface area (Å²) in [6.45, 7) is 8.58. The second kappa shape index (κ2) is 5.61. The third-order valence-electron chi connectivity index (χ3n) is 3.73. The normalized spacial score (nSPS) is 11.9. The topological polar surface area (TPSA) is 47.1 Å². The fourth-order valence-corrected chi connectivity index (χ4v) is 2.23. The van der Waals surface area contributed by atoms with Crippen LogP contribution >= 0.6 is 0 Å². The smallest absolute Gasteiger partial charge is 0.109 e. The van der Waals surface area contributed by atoms with E-state index in [1.807, 2.05) is 12.1 Å². The van der Waals surface area contributed by atoms with Crippen LogP contribution in [-0.4, -0.2) is 34.1 Å². The van der Waals surface area contributed by atoms with Crippen molar-refractivity contribution in [3.05, 3.63) is 24.0 Å². The van der Waals surface area contributed by atoms with Crippen molar-refractivity contribution in [1.82, 2.24) is 14.5 Å². The zero-order chi connectivity index (χ0) is 14.0. The van der Waals surface area contributed by atoms with Gasteiger partial charge < -0.3 is 15.2 Å². The van der Waals surface area contributed by atoms with Crippen LogP contribution < -0.4 is 5.73 Å². The third-order valence-corrected chi connectivity index (χ3v) is 3.73. The monoisotopic (exact) mass is 260 g/mol. The van der Waals surface area contributed by atoms with Crippen LogP contribution in [0.3, 0.4) is 0 Å². The molecule has 0 aliphatic rings. The minimum atomic E-state index is 0.565. The minimum Gasteiger partial charge on any atom is -0.399 e. The highest BCUT2D eigenvalue weighted by molar-refractivity contribution is 5.79. The Balaban J connectivity index is 2.30. The van der Waals surface area contributed by atoms with Gasteiger partial charge in [0.05, 0.1) is 11.0 Å². The summed E-state index contributed by atoms with van der Waals surface area (Å²) in [5.41, 5.74) is 8.79. The predicted molar refractivity (Wildman–Crippen MR) is 81.3 cm³/mol. The number of imidazole rings is 1. The Labute approximate surface area is 115 Å². The first-order chi connectivity index (χ1) is 9.02. The van der Waals surface area contributed by atoms with Gasteiger partial charge in [0.15, 0.2) is 0 Å². The van der Waals surface area contributed by atoms with E-state index in [0.29, 0.717) is 6.04 Å². The van der Waals surface area contributed by atoms with Crippen LogP contribution in [0, 0.1) is 0 Å². The van der Waals surface area contributed by atoms with Crippen molar-refractivity contribution < 1.29 is 0 Å². The van der Waals surface area contributed by atoms with E-state index in [0.717, 1.165) is 36.5 Å². The van der Waals surface area contributed by atoms with Crippen LogP contribution in [-0.2, 0) is 13.0 Å². The Kier molecular flexibility index (Phi) is 4.10. The van der Waals surface area contributed by atoms with Crippen LogP contribution in [0.1, 0.15) is 26.6 Å². The Morgan fingerprint density at radius 3 is 2.74 bits per heavy atom. The molecule has 4 nitrogen and oxygen atoms in total. The molecule has 0 aliphatic carbocycles. The molecule has 0 atom stereocenters. The molecule has 2 rings (SSSR count). The number of nitrogens with two attached hydrogens (primary N) is 1. The van der Waals surface area contributed by atoms with Gasteiger partial charge >= 0.3 is 0 Å². The number of hydrogen-bond donors (Lipinski definition) is 1. The Morgan fingerprint density at radius 1 is 1.37 bits per heavy atom. The average molecular weight is 260 g/mol. The van der Waals surface area contributed by atoms with E-state index >= 15 is 0 Å². The van der Waals surface area contributed by atoms with E-state index in [9.17, 15) is 0 Å². The van der Waals surface area contributed by atoms with Crippen LogP contribution in [0.15, 0.2) is 18.2 Å². The minimum absolute atomic E-state index is 0.565. The second-order valence-electron chi connectivity index (χ2n) is 5.36. The molecule has 2 aromatic rings. The summed E-state index contributed by atoms with van der Waals surface area (Å²) in [6.07, 6.45) is 0.944. The lowest BCUT2D eigenvalue weighted by molar-refractivity contribution is 0.263. The fraction of sp³-hybridized carbons (Fsp3) is 0.533. The Hall–Kier alpha value is -1.55. The molecule has 0 spiro atoms. The molecule has 0 fully saturated rings. The summed E-state index contributed by atoms with van der Waals surface area (Å²) in [5, 5.41) is 0. The zero-order valence-electron chi connectivity index (χ0n) is 12.3. The first-order valence-corrected chi connectivity index (χ1v) is 6.97. The summed E-state index contributed by atoms with van der Waals surface area (Å²) in [5.74, 6) is 1.14. The van der Waals surface area contributed by atoms with Crippen LogP contribution in [0.2, 0.25) is 0 Å². The lowest BCUT2D eigenvalue weighted by Gasteiger charge is -2.21. The summed E-state index contributed by atoms with van der Waals surface area (Å²) < 4.78 is 2.31. The number of fused-ring (bicyclic) bond motifs is 1. The fourth-order valence-electron chi connectivity index (χ4n) is 2.23. The van der Waals surface area contributed by atoms with Gasteiger partial charge in [-0.05, 0) is 39.1 Å². The first kappa shape index (κ1) is 13.9. The van der Waals surface area contributed by atoms with Crippen molar-refractivity contribution in [3.8, 4) is 0 Å². The van der Waals surface area contributed by atoms with Crippen molar-refractivity contribution in [3.63, 3.8) is 0 Å². The lowest BCUT2D eigenvalue weighted by atomic mass is 10.3. The summed E-state index contributed by atoms with van der Waals surface area (Å²) >= 11 is 0. The highest BCUT2D eigenvalue weighted by Crippen LogP contribution is 2.19. The number of benzene rings is 1. The van der Waals surface area contributed by atoms with E-state index in [1.165, 1.54) is 5.52 Å². The van der Waals surface area contributed by atoms with Crippen LogP contribution in [0.4, 0.5) is 5.69 Å². The van der Waals surface area contributed by atoms with Crippen molar-refractivity contribution in [2.75, 3.05) is 19.3 Å². The molecule has 104 valence electrons. The molecule has 1 aromatic heterocycles. The number of anilines is 1. The van der Waals surface area contributed by atoms with Crippen LogP contribution in [0.5, 0.6) is 0 Å². The zero-order valence-corrected chi connectivity index (χ0v) is 12.3. The number of aromatic nitrogens is 2. The van der Waals surface area contributed by atoms with Crippen molar-refractivity contribution in [1.29, 1.82) is 0 Å². The maximum atomic E-state index is 5.83. The molecule has 0 saturated carbocycles. The number of likely N-dealkylation sites (N-methyl/N-ethyl adjacent to an activating group) is 1. The van der Waals surface area contributed by atoms with Gasteiger partial charge in [-0.3, -0.25) is 0 Å². The number of aryl methyl sites for hydroxylation is 1. The van der Waals surface area contributed by atoms with Gasteiger partial charge in [0.25, 0.3) is 0 Å². The highest BCUT2D eigenvalue weighted by atomic mass is 15.2. The van der Waals surface area contributed by atoms with Gasteiger partial charge in [0.1, 0.15) is 5.82 Å². The third kappa shape index (κ3) is 2.89. The first-order valence-electron chi connectivity index (χ1n) is 6.97. The second-order valence-corrected chi connectivity index (χ2v) is 5.36. The molecule has 1 heterocycles. The van der Waals surface area contributed by atoms with E-state index in [-0.39, 0.29) is 0 Å². The molecule has 2 N–H and O–H groups in total. The van der Waals surface area contributed by atoms with Gasteiger partial charge in [0, 0.05) is 31.2 Å². The van der Waals surface area contributed by atoms with Crippen molar-refractivity contribution in [2.45, 2.75) is 39.8 Å².